The standard InChI is InChI=1S/C101H139NO6/c1-58(2)71-46-61(47-72(85(71)103)91(3,4)5)36-59-38-67(42-63-50-75(94(12,13)14)87(105)76(51-63)95(15,16)17)83(68(39-59)43-64-52-77(96(18,19)20)88(106)78(53-64)97(21,22)23)102-84-69(44-65-54-79(98(24,25)26)89(107)80(55-65)99(27,28)29)40-60(37-62-48-73(92(6,7)8)86(104)74(49-62)93(9,10)11)41-70(84)45-66-56-81(100(30,31)32)90(108)82(57-66)101(33,34)35/h38-41,46-57,102-108H,1,36-37,42-45H2,2-35H3. The molecule has 0 radical (unpaired) electrons. The molecule has 0 saturated heterocycles. The molecule has 8 aromatic carbocycles. The van der Waals surface area contributed by atoms with E-state index in [1.165, 1.54) is 0 Å². The van der Waals surface area contributed by atoms with Crippen molar-refractivity contribution in [3.63, 3.8) is 0 Å². The zero-order chi connectivity index (χ0) is 81.8. The van der Waals surface area contributed by atoms with Crippen LogP contribution in [-0.2, 0) is 98.1 Å². The van der Waals surface area contributed by atoms with E-state index in [2.05, 4.69) is 337 Å². The molecule has 0 aliphatic rings. The minimum Gasteiger partial charge on any atom is -0.507 e. The van der Waals surface area contributed by atoms with E-state index in [1.54, 1.807) is 0 Å². The maximum Gasteiger partial charge on any atom is 0.126 e. The number of aromatic hydroxyl groups is 6. The number of benzene rings is 8. The second-order valence-corrected chi connectivity index (χ2v) is 43.5. The van der Waals surface area contributed by atoms with Crippen molar-refractivity contribution in [2.24, 2.45) is 0 Å². The highest BCUT2D eigenvalue weighted by atomic mass is 16.3. The van der Waals surface area contributed by atoms with Gasteiger partial charge in [-0.15, -0.1) is 0 Å². The molecule has 108 heavy (non-hydrogen) atoms. The summed E-state index contributed by atoms with van der Waals surface area (Å²) in [6, 6.07) is 36.1. The van der Waals surface area contributed by atoms with E-state index in [0.717, 1.165) is 150 Å². The fourth-order valence-corrected chi connectivity index (χ4v) is 15.6. The minimum absolute atomic E-state index is 0.256. The highest BCUT2D eigenvalue weighted by Crippen LogP contribution is 2.49. The van der Waals surface area contributed by atoms with E-state index in [1.807, 2.05) is 6.92 Å². The molecule has 8 aromatic rings. The van der Waals surface area contributed by atoms with E-state index in [4.69, 9.17) is 0 Å². The van der Waals surface area contributed by atoms with Crippen molar-refractivity contribution in [1.82, 2.24) is 0 Å². The second kappa shape index (κ2) is 29.4. The van der Waals surface area contributed by atoms with Gasteiger partial charge in [-0.2, -0.15) is 0 Å². The number of phenols is 6. The maximum atomic E-state index is 12.5. The fraction of sp³-hybridized carbons (Fsp3) is 0.505. The van der Waals surface area contributed by atoms with Crippen LogP contribution in [0.3, 0.4) is 0 Å². The zero-order valence-electron chi connectivity index (χ0n) is 73.4. The van der Waals surface area contributed by atoms with Gasteiger partial charge in [0.1, 0.15) is 34.5 Å². The van der Waals surface area contributed by atoms with Crippen LogP contribution < -0.4 is 5.32 Å². The summed E-state index contributed by atoms with van der Waals surface area (Å²) in [5.41, 5.74) is 21.5. The minimum atomic E-state index is -0.413. The Balaban J connectivity index is 1.64. The van der Waals surface area contributed by atoms with Crippen molar-refractivity contribution in [3.8, 4) is 34.5 Å². The number of hydrogen-bond acceptors (Lipinski definition) is 7. The molecule has 7 heteroatoms. The summed E-state index contributed by atoms with van der Waals surface area (Å²) in [7, 11) is 0. The molecule has 0 unspecified atom stereocenters. The molecule has 0 spiro atoms. The topological polar surface area (TPSA) is 133 Å². The van der Waals surface area contributed by atoms with Crippen molar-refractivity contribution in [2.75, 3.05) is 5.32 Å². The Labute approximate surface area is 654 Å². The van der Waals surface area contributed by atoms with Crippen LogP contribution in [0.25, 0.3) is 5.57 Å². The fourth-order valence-electron chi connectivity index (χ4n) is 15.6. The SMILES string of the molecule is C=C(C)c1cc(Cc2cc(Cc3cc(C(C)(C)C)c(O)c(C(C)(C)C)c3)c(Nc3c(Cc4cc(C(C)(C)C)c(O)c(C(C)(C)C)c4)cc(Cc4cc(C(C)(C)C)c(O)c(C(C)(C)C)c4)cc3Cc3cc(C(C)(C)C)c(O)c(C(C)(C)C)c3)c(Cc3cc(C(C)(C)C)c(O)c(C(C)(C)C)c3)c2)cc(C(C)(C)C)c1O. The van der Waals surface area contributed by atoms with Gasteiger partial charge in [0.05, 0.1) is 0 Å². The quantitative estimate of drug-likeness (QED) is 0.0544. The van der Waals surface area contributed by atoms with Crippen LogP contribution in [0.1, 0.15) is 369 Å². The first-order valence-corrected chi connectivity index (χ1v) is 39.7. The molecule has 0 aromatic heterocycles. The van der Waals surface area contributed by atoms with Gasteiger partial charge in [0.2, 0.25) is 0 Å². The molecule has 0 saturated carbocycles. The lowest BCUT2D eigenvalue weighted by Crippen LogP contribution is -2.19. The molecular formula is C101H139NO6. The van der Waals surface area contributed by atoms with E-state index in [0.29, 0.717) is 67.3 Å². The van der Waals surface area contributed by atoms with Gasteiger partial charge in [-0.05, 0) is 239 Å². The van der Waals surface area contributed by atoms with E-state index in [-0.39, 0.29) is 22.0 Å². The van der Waals surface area contributed by atoms with Gasteiger partial charge in [0, 0.05) is 22.5 Å². The monoisotopic (exact) mass is 1460 g/mol. The highest BCUT2D eigenvalue weighted by Gasteiger charge is 2.35. The van der Waals surface area contributed by atoms with E-state index in [9.17, 15) is 30.6 Å². The first-order valence-electron chi connectivity index (χ1n) is 39.7. The van der Waals surface area contributed by atoms with Crippen LogP contribution in [0, 0.1) is 0 Å². The van der Waals surface area contributed by atoms with Crippen LogP contribution in [0.2, 0.25) is 0 Å². The Bertz CT molecular complexity index is 4350. The summed E-state index contributed by atoms with van der Waals surface area (Å²) < 4.78 is 0. The van der Waals surface area contributed by atoms with Gasteiger partial charge in [-0.3, -0.25) is 0 Å². The van der Waals surface area contributed by atoms with Crippen LogP contribution >= 0.6 is 0 Å². The van der Waals surface area contributed by atoms with Crippen LogP contribution in [0.4, 0.5) is 11.4 Å². The lowest BCUT2D eigenvalue weighted by Gasteiger charge is -2.30. The van der Waals surface area contributed by atoms with Crippen molar-refractivity contribution >= 4 is 16.9 Å². The maximum absolute atomic E-state index is 12.5. The predicted octanol–water partition coefficient (Wildman–Crippen LogP) is 26.5. The summed E-state index contributed by atoms with van der Waals surface area (Å²) in [5, 5.41) is 78.7. The molecular weight excluding hydrogens is 1320 g/mol. The average molecular weight is 1460 g/mol. The lowest BCUT2D eigenvalue weighted by atomic mass is 9.77. The zero-order valence-corrected chi connectivity index (χ0v) is 73.4. The molecule has 7 nitrogen and oxygen atoms in total. The van der Waals surface area contributed by atoms with Gasteiger partial charge >= 0.3 is 0 Å². The van der Waals surface area contributed by atoms with Crippen molar-refractivity contribution in [2.45, 2.75) is 333 Å². The Morgan fingerprint density at radius 1 is 0.222 bits per heavy atom. The molecule has 0 bridgehead atoms. The molecule has 584 valence electrons. The van der Waals surface area contributed by atoms with Crippen molar-refractivity contribution < 1.29 is 30.6 Å². The number of nitrogens with one attached hydrogen (secondary N) is 1. The average Bonchev–Trinajstić information content (AvgIpc) is 0.768. The van der Waals surface area contributed by atoms with E-state index < -0.39 is 43.3 Å². The Morgan fingerprint density at radius 2 is 0.361 bits per heavy atom. The van der Waals surface area contributed by atoms with Gasteiger partial charge in [-0.1, -0.05) is 326 Å². The molecule has 0 aliphatic carbocycles. The number of rotatable bonds is 15. The molecule has 0 heterocycles. The van der Waals surface area contributed by atoms with Gasteiger partial charge in [0.25, 0.3) is 0 Å². The molecule has 0 amide bonds. The normalized spacial score (nSPS) is 13.4. The lowest BCUT2D eigenvalue weighted by molar-refractivity contribution is 0.422. The number of hydrogen-bond donors (Lipinski definition) is 7. The van der Waals surface area contributed by atoms with Gasteiger partial charge < -0.3 is 36.0 Å². The van der Waals surface area contributed by atoms with Crippen LogP contribution in [0.5, 0.6) is 34.5 Å². The van der Waals surface area contributed by atoms with Crippen LogP contribution in [-0.4, -0.2) is 30.6 Å². The van der Waals surface area contributed by atoms with Gasteiger partial charge in [0.15, 0.2) is 0 Å². The van der Waals surface area contributed by atoms with E-state index >= 15 is 0 Å². The molecule has 0 aliphatic heterocycles. The summed E-state index contributed by atoms with van der Waals surface area (Å²) in [4.78, 5) is 0. The third-order valence-electron chi connectivity index (χ3n) is 21.7. The predicted molar refractivity (Wildman–Crippen MR) is 462 cm³/mol. The molecule has 0 fully saturated rings. The Hall–Kier alpha value is -7.90. The molecule has 7 N–H and O–H groups in total. The Morgan fingerprint density at radius 3 is 0.519 bits per heavy atom. The molecule has 8 rings (SSSR count). The summed E-state index contributed by atoms with van der Waals surface area (Å²) in [6.45, 7) is 78.1. The highest BCUT2D eigenvalue weighted by molar-refractivity contribution is 5.76. The Kier molecular flexibility index (Phi) is 23.3. The third kappa shape index (κ3) is 19.4. The molecule has 0 atom stereocenters. The summed E-state index contributed by atoms with van der Waals surface area (Å²) in [6.07, 6.45) is 3.01. The number of allylic oxidation sites excluding steroid dienone is 1. The first-order chi connectivity index (χ1) is 48.7. The largest absolute Gasteiger partial charge is 0.507 e. The first kappa shape index (κ1) is 85.7. The third-order valence-corrected chi connectivity index (χ3v) is 21.7. The summed E-state index contributed by atoms with van der Waals surface area (Å²) >= 11 is 0. The summed E-state index contributed by atoms with van der Waals surface area (Å²) in [5.74, 6) is 1.88. The second-order valence-electron chi connectivity index (χ2n) is 43.5. The van der Waals surface area contributed by atoms with Crippen molar-refractivity contribution in [3.05, 3.63) is 237 Å². The number of phenolic OH excluding ortho intramolecular Hbond substituents is 6. The number of anilines is 2. The van der Waals surface area contributed by atoms with Gasteiger partial charge in [-0.25, -0.2) is 0 Å². The smallest absolute Gasteiger partial charge is 0.126 e. The van der Waals surface area contributed by atoms with Crippen molar-refractivity contribution in [1.29, 1.82) is 0 Å². The van der Waals surface area contributed by atoms with Crippen LogP contribution in [0.15, 0.2) is 104 Å².